The van der Waals surface area contributed by atoms with Gasteiger partial charge in [0.05, 0.1) is 5.66 Å². The van der Waals surface area contributed by atoms with E-state index in [2.05, 4.69) is 17.2 Å². The lowest BCUT2D eigenvalue weighted by Crippen LogP contribution is -2.55. The van der Waals surface area contributed by atoms with Crippen LogP contribution in [0.2, 0.25) is 0 Å². The van der Waals surface area contributed by atoms with Crippen molar-refractivity contribution in [3.63, 3.8) is 0 Å². The Morgan fingerprint density at radius 3 is 2.03 bits per heavy atom. The SMILES string of the molecule is C=C[C@@H]1C[C@H](C(=O)OC(C)(C)C)N(C(=O)OC(C)(C)C)[C@@H]1CCNC(C)(C)NC(C)=O. The Labute approximate surface area is 187 Å². The summed E-state index contributed by atoms with van der Waals surface area (Å²) < 4.78 is 11.2. The number of hydrogen-bond donors (Lipinski definition) is 2. The fourth-order valence-electron chi connectivity index (χ4n) is 3.75. The monoisotopic (exact) mass is 439 g/mol. The molecule has 0 unspecified atom stereocenters. The standard InChI is InChI=1S/C23H41N3O5/c1-11-16-14-18(19(28)30-21(3,4)5)26(20(29)31-22(6,7)8)17(16)12-13-24-23(9,10)25-15(2)27/h11,16-18,24H,1,12-14H2,2-10H3,(H,25,27)/t16-,17-,18-/m1/s1. The maximum atomic E-state index is 13.1. The van der Waals surface area contributed by atoms with Crippen LogP contribution in [0, 0.1) is 5.92 Å². The number of carbonyl (C=O) groups is 3. The van der Waals surface area contributed by atoms with Gasteiger partial charge >= 0.3 is 12.1 Å². The van der Waals surface area contributed by atoms with E-state index in [0.717, 1.165) is 0 Å². The average Bonchev–Trinajstić information content (AvgIpc) is 2.89. The van der Waals surface area contributed by atoms with Gasteiger partial charge in [-0.2, -0.15) is 0 Å². The van der Waals surface area contributed by atoms with E-state index in [1.807, 2.05) is 13.8 Å². The molecular weight excluding hydrogens is 398 g/mol. The van der Waals surface area contributed by atoms with Gasteiger partial charge in [0.2, 0.25) is 5.91 Å². The third kappa shape index (κ3) is 8.89. The Hall–Kier alpha value is -2.09. The molecule has 0 radical (unpaired) electrons. The van der Waals surface area contributed by atoms with Crippen LogP contribution in [-0.2, 0) is 19.1 Å². The average molecular weight is 440 g/mol. The molecule has 2 amide bonds. The van der Waals surface area contributed by atoms with E-state index in [1.54, 1.807) is 47.6 Å². The predicted octanol–water partition coefficient (Wildman–Crippen LogP) is 3.36. The molecule has 0 aromatic carbocycles. The molecule has 1 heterocycles. The Kier molecular flexibility index (Phi) is 8.71. The van der Waals surface area contributed by atoms with Crippen LogP contribution in [0.1, 0.15) is 75.2 Å². The second-order valence-corrected chi connectivity index (χ2v) is 10.7. The zero-order chi connectivity index (χ0) is 24.2. The third-order valence-corrected chi connectivity index (χ3v) is 4.76. The molecule has 31 heavy (non-hydrogen) atoms. The first-order chi connectivity index (χ1) is 14.0. The number of rotatable bonds is 7. The van der Waals surface area contributed by atoms with Crippen LogP contribution in [-0.4, -0.2) is 58.4 Å². The van der Waals surface area contributed by atoms with Crippen molar-refractivity contribution in [3.8, 4) is 0 Å². The quantitative estimate of drug-likeness (QED) is 0.359. The van der Waals surface area contributed by atoms with Crippen LogP contribution in [0.15, 0.2) is 12.7 Å². The largest absolute Gasteiger partial charge is 0.458 e. The number of carbonyl (C=O) groups excluding carboxylic acids is 3. The van der Waals surface area contributed by atoms with Crippen LogP contribution >= 0.6 is 0 Å². The molecule has 2 N–H and O–H groups in total. The minimum atomic E-state index is -0.745. The summed E-state index contributed by atoms with van der Waals surface area (Å²) in [6.07, 6.45) is 2.22. The van der Waals surface area contributed by atoms with Gasteiger partial charge in [-0.05, 0) is 80.7 Å². The van der Waals surface area contributed by atoms with Gasteiger partial charge in [0.15, 0.2) is 0 Å². The van der Waals surface area contributed by atoms with E-state index in [0.29, 0.717) is 19.4 Å². The highest BCUT2D eigenvalue weighted by Crippen LogP contribution is 2.35. The number of hydrogen-bond acceptors (Lipinski definition) is 6. The Morgan fingerprint density at radius 2 is 1.58 bits per heavy atom. The van der Waals surface area contributed by atoms with Gasteiger partial charge in [0, 0.05) is 13.0 Å². The molecule has 1 aliphatic rings. The summed E-state index contributed by atoms with van der Waals surface area (Å²) in [6, 6.07) is -1.03. The van der Waals surface area contributed by atoms with Crippen LogP contribution in [0.5, 0.6) is 0 Å². The first-order valence-corrected chi connectivity index (χ1v) is 10.9. The molecule has 0 spiro atoms. The number of esters is 1. The molecule has 1 rings (SSSR count). The normalized spacial score (nSPS) is 22.1. The second kappa shape index (κ2) is 10.0. The highest BCUT2D eigenvalue weighted by Gasteiger charge is 2.48. The van der Waals surface area contributed by atoms with Crippen LogP contribution in [0.4, 0.5) is 4.79 Å². The van der Waals surface area contributed by atoms with Crippen LogP contribution in [0.25, 0.3) is 0 Å². The maximum absolute atomic E-state index is 13.1. The van der Waals surface area contributed by atoms with Crippen molar-refractivity contribution in [1.82, 2.24) is 15.5 Å². The van der Waals surface area contributed by atoms with E-state index in [9.17, 15) is 14.4 Å². The molecule has 0 aromatic rings. The summed E-state index contributed by atoms with van der Waals surface area (Å²) in [5, 5.41) is 6.13. The molecule has 178 valence electrons. The van der Waals surface area contributed by atoms with Gasteiger partial charge in [-0.15, -0.1) is 6.58 Å². The molecule has 3 atom stereocenters. The van der Waals surface area contributed by atoms with E-state index < -0.39 is 35.0 Å². The minimum Gasteiger partial charge on any atom is -0.458 e. The van der Waals surface area contributed by atoms with Gasteiger partial charge in [-0.1, -0.05) is 6.08 Å². The molecule has 8 heteroatoms. The van der Waals surface area contributed by atoms with E-state index >= 15 is 0 Å². The fourth-order valence-corrected chi connectivity index (χ4v) is 3.75. The molecule has 0 saturated carbocycles. The molecule has 0 aromatic heterocycles. The van der Waals surface area contributed by atoms with Gasteiger partial charge in [0.25, 0.3) is 0 Å². The zero-order valence-corrected chi connectivity index (χ0v) is 20.6. The van der Waals surface area contributed by atoms with Gasteiger partial charge in [-0.25, -0.2) is 9.59 Å². The van der Waals surface area contributed by atoms with Gasteiger partial charge in [0.1, 0.15) is 17.2 Å². The van der Waals surface area contributed by atoms with Crippen molar-refractivity contribution >= 4 is 18.0 Å². The van der Waals surface area contributed by atoms with Crippen molar-refractivity contribution < 1.29 is 23.9 Å². The molecule has 1 saturated heterocycles. The molecule has 0 bridgehead atoms. The smallest absolute Gasteiger partial charge is 0.411 e. The third-order valence-electron chi connectivity index (χ3n) is 4.76. The summed E-state index contributed by atoms with van der Waals surface area (Å²) in [4.78, 5) is 38.9. The zero-order valence-electron chi connectivity index (χ0n) is 20.6. The molecular formula is C23H41N3O5. The van der Waals surface area contributed by atoms with Gasteiger partial charge < -0.3 is 14.8 Å². The summed E-state index contributed by atoms with van der Waals surface area (Å²) in [6.45, 7) is 20.4. The van der Waals surface area contributed by atoms with E-state index in [-0.39, 0.29) is 17.9 Å². The molecule has 1 fully saturated rings. The second-order valence-electron chi connectivity index (χ2n) is 10.7. The lowest BCUT2D eigenvalue weighted by molar-refractivity contribution is -0.160. The lowest BCUT2D eigenvalue weighted by Gasteiger charge is -2.34. The van der Waals surface area contributed by atoms with Crippen molar-refractivity contribution in [2.24, 2.45) is 5.92 Å². The Morgan fingerprint density at radius 1 is 1.03 bits per heavy atom. The molecule has 8 nitrogen and oxygen atoms in total. The van der Waals surface area contributed by atoms with Crippen molar-refractivity contribution in [2.45, 2.75) is 104 Å². The summed E-state index contributed by atoms with van der Waals surface area (Å²) in [5.41, 5.74) is -1.96. The number of nitrogens with one attached hydrogen (secondary N) is 2. The predicted molar refractivity (Wildman–Crippen MR) is 120 cm³/mol. The van der Waals surface area contributed by atoms with Crippen LogP contribution < -0.4 is 10.6 Å². The Balaban J connectivity index is 3.09. The summed E-state index contributed by atoms with van der Waals surface area (Å²) >= 11 is 0. The number of nitrogens with zero attached hydrogens (tertiary/aromatic N) is 1. The van der Waals surface area contributed by atoms with Crippen molar-refractivity contribution in [3.05, 3.63) is 12.7 Å². The summed E-state index contributed by atoms with van der Waals surface area (Å²) in [7, 11) is 0. The lowest BCUT2D eigenvalue weighted by atomic mass is 9.96. The van der Waals surface area contributed by atoms with Gasteiger partial charge in [-0.3, -0.25) is 15.0 Å². The van der Waals surface area contributed by atoms with E-state index in [1.165, 1.54) is 11.8 Å². The number of amides is 2. The highest BCUT2D eigenvalue weighted by atomic mass is 16.6. The first-order valence-electron chi connectivity index (χ1n) is 10.9. The number of likely N-dealkylation sites (tertiary alicyclic amines) is 1. The van der Waals surface area contributed by atoms with E-state index in [4.69, 9.17) is 9.47 Å². The highest BCUT2D eigenvalue weighted by molar-refractivity contribution is 5.83. The Bertz CT molecular complexity index is 676. The van der Waals surface area contributed by atoms with Crippen molar-refractivity contribution in [1.29, 1.82) is 0 Å². The summed E-state index contributed by atoms with van der Waals surface area (Å²) in [5.74, 6) is -0.669. The topological polar surface area (TPSA) is 97.0 Å². The minimum absolute atomic E-state index is 0.0873. The van der Waals surface area contributed by atoms with Crippen molar-refractivity contribution in [2.75, 3.05) is 6.54 Å². The maximum Gasteiger partial charge on any atom is 0.411 e. The number of ether oxygens (including phenoxy) is 2. The molecule has 0 aliphatic carbocycles. The molecule has 1 aliphatic heterocycles. The fraction of sp³-hybridized carbons (Fsp3) is 0.783. The van der Waals surface area contributed by atoms with Crippen LogP contribution in [0.3, 0.4) is 0 Å². The first kappa shape index (κ1) is 26.9.